The van der Waals surface area contributed by atoms with Gasteiger partial charge in [0.2, 0.25) is 11.8 Å². The molecule has 1 aromatic carbocycles. The summed E-state index contributed by atoms with van der Waals surface area (Å²) in [4.78, 5) is 37.1. The predicted molar refractivity (Wildman–Crippen MR) is 138 cm³/mol. The van der Waals surface area contributed by atoms with Crippen LogP contribution in [-0.4, -0.2) is 67.5 Å². The summed E-state index contributed by atoms with van der Waals surface area (Å²) in [6, 6.07) is 9.01. The van der Waals surface area contributed by atoms with E-state index in [-0.39, 0.29) is 11.8 Å². The Bertz CT molecular complexity index is 853. The van der Waals surface area contributed by atoms with Gasteiger partial charge in [0.05, 0.1) is 5.54 Å². The third kappa shape index (κ3) is 7.76. The Kier molecular flexibility index (Phi) is 9.81. The van der Waals surface area contributed by atoms with Crippen LogP contribution in [0.2, 0.25) is 0 Å². The zero-order valence-corrected chi connectivity index (χ0v) is 21.1. The summed E-state index contributed by atoms with van der Waals surface area (Å²) in [6.07, 6.45) is 11.5. The molecule has 34 heavy (non-hydrogen) atoms. The monoisotopic (exact) mass is 467 g/mol. The molecule has 7 heteroatoms. The SMILES string of the molecule is CN=CC1(NC(=O)[C@H](CCC2CCCCC2)N=C(NC(C)=O)c2ccccc2)CCN(C)CC1. The van der Waals surface area contributed by atoms with E-state index >= 15 is 0 Å². The number of amidine groups is 1. The smallest absolute Gasteiger partial charge is 0.245 e. The second-order valence-corrected chi connectivity index (χ2v) is 9.96. The molecule has 0 radical (unpaired) electrons. The maximum atomic E-state index is 13.7. The molecule has 1 aliphatic carbocycles. The van der Waals surface area contributed by atoms with E-state index in [1.54, 1.807) is 7.05 Å². The largest absolute Gasteiger partial charge is 0.344 e. The number of carbonyl (C=O) groups is 2. The van der Waals surface area contributed by atoms with Crippen molar-refractivity contribution in [1.82, 2.24) is 15.5 Å². The van der Waals surface area contributed by atoms with Crippen molar-refractivity contribution >= 4 is 23.9 Å². The van der Waals surface area contributed by atoms with E-state index in [1.807, 2.05) is 36.5 Å². The molecule has 2 fully saturated rings. The molecule has 1 saturated heterocycles. The number of hydrogen-bond acceptors (Lipinski definition) is 5. The molecule has 3 rings (SSSR count). The Hall–Kier alpha value is -2.54. The average Bonchev–Trinajstić information content (AvgIpc) is 2.84. The number of benzene rings is 1. The molecule has 0 spiro atoms. The first-order chi connectivity index (χ1) is 16.4. The van der Waals surface area contributed by atoms with Gasteiger partial charge in [-0.1, -0.05) is 62.4 Å². The molecule has 1 saturated carbocycles. The van der Waals surface area contributed by atoms with Crippen molar-refractivity contribution < 1.29 is 9.59 Å². The highest BCUT2D eigenvalue weighted by atomic mass is 16.2. The molecule has 2 N–H and O–H groups in total. The van der Waals surface area contributed by atoms with E-state index in [4.69, 9.17) is 4.99 Å². The van der Waals surface area contributed by atoms with Gasteiger partial charge in [-0.25, -0.2) is 0 Å². The normalized spacial score (nSPS) is 20.7. The molecule has 1 aliphatic heterocycles. The third-order valence-corrected chi connectivity index (χ3v) is 7.13. The van der Waals surface area contributed by atoms with Gasteiger partial charge in [0, 0.05) is 38.8 Å². The lowest BCUT2D eigenvalue weighted by Crippen LogP contribution is -2.57. The maximum absolute atomic E-state index is 13.7. The van der Waals surface area contributed by atoms with Crippen molar-refractivity contribution in [3.8, 4) is 0 Å². The second kappa shape index (κ2) is 12.8. The molecular formula is C27H41N5O2. The third-order valence-electron chi connectivity index (χ3n) is 7.13. The summed E-state index contributed by atoms with van der Waals surface area (Å²) in [5, 5.41) is 6.18. The van der Waals surface area contributed by atoms with Gasteiger partial charge in [-0.15, -0.1) is 0 Å². The van der Waals surface area contributed by atoms with Gasteiger partial charge in [0.15, 0.2) is 0 Å². The number of nitrogens with zero attached hydrogens (tertiary/aromatic N) is 3. The Morgan fingerprint density at radius 1 is 1.15 bits per heavy atom. The minimum absolute atomic E-state index is 0.0842. The van der Waals surface area contributed by atoms with Crippen LogP contribution in [0.5, 0.6) is 0 Å². The number of nitrogens with one attached hydrogen (secondary N) is 2. The number of aliphatic imine (C=N–C) groups is 2. The number of rotatable bonds is 8. The number of hydrogen-bond donors (Lipinski definition) is 2. The molecule has 186 valence electrons. The Labute approximate surface area is 204 Å². The lowest BCUT2D eigenvalue weighted by molar-refractivity contribution is -0.124. The highest BCUT2D eigenvalue weighted by molar-refractivity contribution is 6.08. The first-order valence-corrected chi connectivity index (χ1v) is 12.8. The molecule has 1 heterocycles. The van der Waals surface area contributed by atoms with Crippen LogP contribution in [0.15, 0.2) is 40.3 Å². The molecule has 0 unspecified atom stereocenters. The van der Waals surface area contributed by atoms with E-state index < -0.39 is 11.6 Å². The molecule has 2 amide bonds. The van der Waals surface area contributed by atoms with Crippen LogP contribution in [0.4, 0.5) is 0 Å². The highest BCUT2D eigenvalue weighted by Gasteiger charge is 2.35. The van der Waals surface area contributed by atoms with Crippen LogP contribution in [0.3, 0.4) is 0 Å². The van der Waals surface area contributed by atoms with Gasteiger partial charge in [-0.05, 0) is 38.6 Å². The zero-order valence-electron chi connectivity index (χ0n) is 21.1. The van der Waals surface area contributed by atoms with Crippen LogP contribution in [0, 0.1) is 5.92 Å². The van der Waals surface area contributed by atoms with Crippen LogP contribution in [0.1, 0.15) is 70.3 Å². The van der Waals surface area contributed by atoms with Crippen LogP contribution >= 0.6 is 0 Å². The fourth-order valence-corrected chi connectivity index (χ4v) is 5.10. The minimum atomic E-state index is -0.564. The van der Waals surface area contributed by atoms with Crippen molar-refractivity contribution in [1.29, 1.82) is 0 Å². The summed E-state index contributed by atoms with van der Waals surface area (Å²) >= 11 is 0. The predicted octanol–water partition coefficient (Wildman–Crippen LogP) is 3.58. The molecule has 0 bridgehead atoms. The summed E-state index contributed by atoms with van der Waals surface area (Å²) in [5.41, 5.74) is 0.356. The fourth-order valence-electron chi connectivity index (χ4n) is 5.10. The summed E-state index contributed by atoms with van der Waals surface area (Å²) in [6.45, 7) is 3.29. The fraction of sp³-hybridized carbons (Fsp3) is 0.630. The summed E-state index contributed by atoms with van der Waals surface area (Å²) in [5.74, 6) is 0.825. The summed E-state index contributed by atoms with van der Waals surface area (Å²) < 4.78 is 0. The van der Waals surface area contributed by atoms with Crippen LogP contribution in [0.25, 0.3) is 0 Å². The standard InChI is InChI=1S/C27H41N5O2/c1-21(33)29-25(23-12-8-5-9-13-23)30-24(15-14-22-10-6-4-7-11-22)26(34)31-27(20-28-2)16-18-32(3)19-17-27/h5,8-9,12-13,20,22,24H,4,6-7,10-11,14-19H2,1-3H3,(H,31,34)(H,29,30,33)/t24-/m0/s1. The Morgan fingerprint density at radius 2 is 1.82 bits per heavy atom. The van der Waals surface area contributed by atoms with Gasteiger partial charge in [-0.3, -0.25) is 19.6 Å². The average molecular weight is 468 g/mol. The van der Waals surface area contributed by atoms with E-state index in [9.17, 15) is 9.59 Å². The first-order valence-electron chi connectivity index (χ1n) is 12.8. The van der Waals surface area contributed by atoms with Gasteiger partial charge >= 0.3 is 0 Å². The van der Waals surface area contributed by atoms with Crippen LogP contribution in [-0.2, 0) is 9.59 Å². The number of likely N-dealkylation sites (tertiary alicyclic amines) is 1. The molecule has 1 atom stereocenters. The lowest BCUT2D eigenvalue weighted by Gasteiger charge is -2.39. The van der Waals surface area contributed by atoms with E-state index in [1.165, 1.54) is 39.0 Å². The molecular weight excluding hydrogens is 426 g/mol. The van der Waals surface area contributed by atoms with Gasteiger partial charge < -0.3 is 15.5 Å². The number of amides is 2. The molecule has 1 aromatic rings. The lowest BCUT2D eigenvalue weighted by atomic mass is 9.84. The number of piperidine rings is 1. The molecule has 0 aromatic heterocycles. The van der Waals surface area contributed by atoms with Gasteiger partial charge in [0.25, 0.3) is 0 Å². The summed E-state index contributed by atoms with van der Waals surface area (Å²) in [7, 11) is 3.86. The van der Waals surface area contributed by atoms with E-state index in [2.05, 4.69) is 27.6 Å². The second-order valence-electron chi connectivity index (χ2n) is 9.96. The Morgan fingerprint density at radius 3 is 2.44 bits per heavy atom. The maximum Gasteiger partial charge on any atom is 0.245 e. The van der Waals surface area contributed by atoms with Crippen molar-refractivity contribution in [2.75, 3.05) is 27.2 Å². The van der Waals surface area contributed by atoms with Gasteiger partial charge in [-0.2, -0.15) is 0 Å². The quantitative estimate of drug-likeness (QED) is 0.453. The van der Waals surface area contributed by atoms with Crippen molar-refractivity contribution in [3.63, 3.8) is 0 Å². The van der Waals surface area contributed by atoms with Crippen molar-refractivity contribution in [3.05, 3.63) is 35.9 Å². The Balaban J connectivity index is 1.85. The van der Waals surface area contributed by atoms with Crippen molar-refractivity contribution in [2.45, 2.75) is 76.3 Å². The molecule has 7 nitrogen and oxygen atoms in total. The van der Waals surface area contributed by atoms with Crippen molar-refractivity contribution in [2.24, 2.45) is 15.9 Å². The van der Waals surface area contributed by atoms with Gasteiger partial charge in [0.1, 0.15) is 11.9 Å². The highest BCUT2D eigenvalue weighted by Crippen LogP contribution is 2.28. The van der Waals surface area contributed by atoms with E-state index in [0.29, 0.717) is 18.2 Å². The zero-order chi connectivity index (χ0) is 24.4. The van der Waals surface area contributed by atoms with E-state index in [0.717, 1.165) is 37.9 Å². The molecule has 2 aliphatic rings. The minimum Gasteiger partial charge on any atom is -0.344 e. The topological polar surface area (TPSA) is 86.2 Å². The van der Waals surface area contributed by atoms with Crippen LogP contribution < -0.4 is 10.6 Å². The first kappa shape index (κ1) is 26.1. The number of carbonyl (C=O) groups excluding carboxylic acids is 2.